The van der Waals surface area contributed by atoms with Crippen LogP contribution in [0.1, 0.15) is 43.7 Å². The Morgan fingerprint density at radius 3 is 2.81 bits per heavy atom. The molecule has 2 heteroatoms. The predicted molar refractivity (Wildman–Crippen MR) is 66.6 cm³/mol. The van der Waals surface area contributed by atoms with Crippen molar-refractivity contribution in [2.75, 3.05) is 0 Å². The summed E-state index contributed by atoms with van der Waals surface area (Å²) >= 11 is 0. The molecule has 0 unspecified atom stereocenters. The predicted octanol–water partition coefficient (Wildman–Crippen LogP) is 3.85. The van der Waals surface area contributed by atoms with Crippen LogP contribution in [0.4, 0.5) is 0 Å². The Morgan fingerprint density at radius 2 is 2.00 bits per heavy atom. The normalized spacial score (nSPS) is 18.1. The van der Waals surface area contributed by atoms with Gasteiger partial charge in [0.15, 0.2) is 0 Å². The molecule has 1 aliphatic rings. The fourth-order valence-electron chi connectivity index (χ4n) is 2.79. The van der Waals surface area contributed by atoms with Crippen LogP contribution >= 0.6 is 0 Å². The lowest BCUT2D eigenvalue weighted by molar-refractivity contribution is 0.359. The summed E-state index contributed by atoms with van der Waals surface area (Å²) in [4.78, 5) is 4.50. The highest BCUT2D eigenvalue weighted by atomic mass is 15.1. The number of hydrogen-bond donors (Lipinski definition) is 0. The maximum atomic E-state index is 4.50. The SMILES string of the molecule is Cc1ccc2ncn(C3CCCCC3)c2c1. The van der Waals surface area contributed by atoms with E-state index >= 15 is 0 Å². The number of rotatable bonds is 1. The molecule has 0 bridgehead atoms. The van der Waals surface area contributed by atoms with Crippen LogP contribution < -0.4 is 0 Å². The molecule has 2 nitrogen and oxygen atoms in total. The van der Waals surface area contributed by atoms with Gasteiger partial charge in [-0.2, -0.15) is 0 Å². The molecule has 1 aromatic carbocycles. The summed E-state index contributed by atoms with van der Waals surface area (Å²) in [5.74, 6) is 0. The molecule has 2 aromatic rings. The first-order valence-corrected chi connectivity index (χ1v) is 6.28. The van der Waals surface area contributed by atoms with E-state index in [0.29, 0.717) is 6.04 Å². The van der Waals surface area contributed by atoms with Crippen molar-refractivity contribution in [2.45, 2.75) is 45.1 Å². The van der Waals surface area contributed by atoms with Gasteiger partial charge in [-0.1, -0.05) is 25.3 Å². The minimum absolute atomic E-state index is 0.681. The highest BCUT2D eigenvalue weighted by Gasteiger charge is 2.16. The Morgan fingerprint density at radius 1 is 1.19 bits per heavy atom. The van der Waals surface area contributed by atoms with Gasteiger partial charge in [-0.3, -0.25) is 0 Å². The van der Waals surface area contributed by atoms with Crippen LogP contribution in [-0.2, 0) is 0 Å². The standard InChI is InChI=1S/C14H18N2/c1-11-7-8-13-14(9-11)16(10-15-13)12-5-3-2-4-6-12/h7-10,12H,2-6H2,1H3. The fraction of sp³-hybridized carbons (Fsp3) is 0.500. The minimum Gasteiger partial charge on any atom is -0.327 e. The zero-order chi connectivity index (χ0) is 11.0. The Kier molecular flexibility index (Phi) is 2.43. The van der Waals surface area contributed by atoms with E-state index in [1.165, 1.54) is 43.2 Å². The molecule has 0 atom stereocenters. The summed E-state index contributed by atoms with van der Waals surface area (Å²) in [6, 6.07) is 7.21. The molecular formula is C14H18N2. The Labute approximate surface area is 96.3 Å². The second-order valence-electron chi connectivity index (χ2n) is 4.94. The number of hydrogen-bond acceptors (Lipinski definition) is 1. The van der Waals surface area contributed by atoms with E-state index in [4.69, 9.17) is 0 Å². The highest BCUT2D eigenvalue weighted by Crippen LogP contribution is 2.30. The summed E-state index contributed by atoms with van der Waals surface area (Å²) < 4.78 is 2.39. The molecule has 1 aromatic heterocycles. The molecule has 1 aliphatic carbocycles. The molecule has 0 N–H and O–H groups in total. The van der Waals surface area contributed by atoms with Gasteiger partial charge >= 0.3 is 0 Å². The molecule has 3 rings (SSSR count). The van der Waals surface area contributed by atoms with Crippen LogP contribution in [0.15, 0.2) is 24.5 Å². The Hall–Kier alpha value is -1.31. The van der Waals surface area contributed by atoms with E-state index in [1.807, 2.05) is 6.33 Å². The van der Waals surface area contributed by atoms with Crippen molar-refractivity contribution in [1.29, 1.82) is 0 Å². The lowest BCUT2D eigenvalue weighted by Crippen LogP contribution is -2.11. The molecule has 0 aliphatic heterocycles. The average molecular weight is 214 g/mol. The van der Waals surface area contributed by atoms with Crippen molar-refractivity contribution in [3.05, 3.63) is 30.1 Å². The van der Waals surface area contributed by atoms with E-state index in [-0.39, 0.29) is 0 Å². The first-order valence-electron chi connectivity index (χ1n) is 6.28. The Bertz CT molecular complexity index is 492. The van der Waals surface area contributed by atoms with E-state index < -0.39 is 0 Å². The third-order valence-corrected chi connectivity index (χ3v) is 3.70. The van der Waals surface area contributed by atoms with Gasteiger partial charge in [-0.25, -0.2) is 4.98 Å². The van der Waals surface area contributed by atoms with E-state index in [0.717, 1.165) is 5.52 Å². The molecule has 1 saturated carbocycles. The highest BCUT2D eigenvalue weighted by molar-refractivity contribution is 5.76. The van der Waals surface area contributed by atoms with Crippen molar-refractivity contribution >= 4 is 11.0 Å². The zero-order valence-electron chi connectivity index (χ0n) is 9.82. The topological polar surface area (TPSA) is 17.8 Å². The van der Waals surface area contributed by atoms with E-state index in [9.17, 15) is 0 Å². The fourth-order valence-corrected chi connectivity index (χ4v) is 2.79. The molecule has 84 valence electrons. The number of fused-ring (bicyclic) bond motifs is 1. The van der Waals surface area contributed by atoms with Crippen LogP contribution in [-0.4, -0.2) is 9.55 Å². The number of aryl methyl sites for hydroxylation is 1. The molecule has 1 heterocycles. The summed E-state index contributed by atoms with van der Waals surface area (Å²) in [6.07, 6.45) is 8.81. The van der Waals surface area contributed by atoms with Gasteiger partial charge in [0.1, 0.15) is 0 Å². The van der Waals surface area contributed by atoms with Crippen LogP contribution in [0.3, 0.4) is 0 Å². The largest absolute Gasteiger partial charge is 0.327 e. The van der Waals surface area contributed by atoms with Gasteiger partial charge in [-0.15, -0.1) is 0 Å². The van der Waals surface area contributed by atoms with Crippen molar-refractivity contribution in [1.82, 2.24) is 9.55 Å². The maximum Gasteiger partial charge on any atom is 0.0960 e. The quantitative estimate of drug-likeness (QED) is 0.705. The second kappa shape index (κ2) is 3.93. The molecule has 1 fully saturated rings. The molecule has 16 heavy (non-hydrogen) atoms. The second-order valence-corrected chi connectivity index (χ2v) is 4.94. The third kappa shape index (κ3) is 1.62. The van der Waals surface area contributed by atoms with Gasteiger partial charge in [0.25, 0.3) is 0 Å². The first kappa shape index (κ1) is 9.88. The summed E-state index contributed by atoms with van der Waals surface area (Å²) in [7, 11) is 0. The molecule has 0 amide bonds. The summed E-state index contributed by atoms with van der Waals surface area (Å²) in [6.45, 7) is 2.15. The monoisotopic (exact) mass is 214 g/mol. The van der Waals surface area contributed by atoms with Gasteiger partial charge in [0, 0.05) is 6.04 Å². The maximum absolute atomic E-state index is 4.50. The van der Waals surface area contributed by atoms with E-state index in [2.05, 4.69) is 34.7 Å². The number of nitrogens with zero attached hydrogens (tertiary/aromatic N) is 2. The van der Waals surface area contributed by atoms with Crippen LogP contribution in [0.2, 0.25) is 0 Å². The summed E-state index contributed by atoms with van der Waals surface area (Å²) in [5, 5.41) is 0. The molecular weight excluding hydrogens is 196 g/mol. The first-order chi connectivity index (χ1) is 7.84. The van der Waals surface area contributed by atoms with Gasteiger partial charge < -0.3 is 4.57 Å². The van der Waals surface area contributed by atoms with E-state index in [1.54, 1.807) is 0 Å². The van der Waals surface area contributed by atoms with Crippen molar-refractivity contribution < 1.29 is 0 Å². The van der Waals surface area contributed by atoms with Crippen LogP contribution in [0, 0.1) is 6.92 Å². The van der Waals surface area contributed by atoms with Crippen molar-refractivity contribution in [3.63, 3.8) is 0 Å². The lowest BCUT2D eigenvalue weighted by atomic mass is 9.95. The number of benzene rings is 1. The van der Waals surface area contributed by atoms with Crippen LogP contribution in [0.25, 0.3) is 11.0 Å². The molecule has 0 radical (unpaired) electrons. The summed E-state index contributed by atoms with van der Waals surface area (Å²) in [5.41, 5.74) is 3.77. The van der Waals surface area contributed by atoms with Crippen LogP contribution in [0.5, 0.6) is 0 Å². The van der Waals surface area contributed by atoms with Crippen molar-refractivity contribution in [2.24, 2.45) is 0 Å². The van der Waals surface area contributed by atoms with Crippen molar-refractivity contribution in [3.8, 4) is 0 Å². The molecule has 0 spiro atoms. The minimum atomic E-state index is 0.681. The smallest absolute Gasteiger partial charge is 0.0960 e. The van der Waals surface area contributed by atoms with Gasteiger partial charge in [0.05, 0.1) is 17.4 Å². The molecule has 0 saturated heterocycles. The zero-order valence-corrected chi connectivity index (χ0v) is 9.82. The average Bonchev–Trinajstić information content (AvgIpc) is 2.73. The van der Waals surface area contributed by atoms with Gasteiger partial charge in [0.2, 0.25) is 0 Å². The number of imidazole rings is 1. The lowest BCUT2D eigenvalue weighted by Gasteiger charge is -2.23. The number of aromatic nitrogens is 2. The van der Waals surface area contributed by atoms with Gasteiger partial charge in [-0.05, 0) is 37.5 Å². The third-order valence-electron chi connectivity index (χ3n) is 3.70. The Balaban J connectivity index is 2.05.